The van der Waals surface area contributed by atoms with Crippen LogP contribution in [0.3, 0.4) is 0 Å². The van der Waals surface area contributed by atoms with Crippen LogP contribution in [0.4, 0.5) is 0 Å². The lowest BCUT2D eigenvalue weighted by Gasteiger charge is -2.11. The smallest absolute Gasteiger partial charge is 0.0541 e. The Morgan fingerprint density at radius 3 is 1.20 bits per heavy atom. The van der Waals surface area contributed by atoms with Gasteiger partial charge < -0.3 is 18.6 Å². The van der Waals surface area contributed by atoms with Crippen molar-refractivity contribution >= 4 is 43.6 Å². The number of para-hydroxylation sites is 2. The number of benzene rings is 6. The average molecular weight is 713 g/mol. The molecule has 0 saturated heterocycles. The van der Waals surface area contributed by atoms with Crippen LogP contribution in [0.2, 0.25) is 0 Å². The Morgan fingerprint density at radius 1 is 0.389 bits per heavy atom. The molecule has 4 heteroatoms. The highest BCUT2D eigenvalue weighted by Gasteiger charge is 2.15. The number of aromatic nitrogens is 2. The molecule has 6 aromatic carbocycles. The van der Waals surface area contributed by atoms with Crippen molar-refractivity contribution in [2.45, 2.75) is 65.2 Å². The lowest BCUT2D eigenvalue weighted by molar-refractivity contribution is 0.129. The minimum atomic E-state index is 0.819. The predicted molar refractivity (Wildman–Crippen MR) is 229 cm³/mol. The van der Waals surface area contributed by atoms with E-state index in [9.17, 15) is 0 Å². The zero-order valence-electron chi connectivity index (χ0n) is 31.9. The fraction of sp³-hybridized carbons (Fsp3) is 0.280. The average Bonchev–Trinajstić information content (AvgIpc) is 3.73. The monoisotopic (exact) mass is 712 g/mol. The van der Waals surface area contributed by atoms with Crippen molar-refractivity contribution in [2.75, 3.05) is 26.4 Å². The first-order valence-electron chi connectivity index (χ1n) is 20.1. The summed E-state index contributed by atoms with van der Waals surface area (Å²) in [4.78, 5) is 0. The lowest BCUT2D eigenvalue weighted by Crippen LogP contribution is -1.98. The molecule has 8 rings (SSSR count). The van der Waals surface area contributed by atoms with E-state index in [1.54, 1.807) is 0 Å². The molecular weight excluding hydrogens is 661 g/mol. The highest BCUT2D eigenvalue weighted by molar-refractivity contribution is 6.10. The van der Waals surface area contributed by atoms with Crippen LogP contribution in [0.5, 0.6) is 0 Å². The van der Waals surface area contributed by atoms with Gasteiger partial charge in [0.2, 0.25) is 0 Å². The van der Waals surface area contributed by atoms with E-state index < -0.39 is 0 Å². The standard InChI is InChI=1S/C50H52N2O2/c1-3-5-31-53-33-11-13-37-19-29-49-45(35-37)46-36-38(14-12-34-54-32-6-4-2)20-30-50(46)52(49)42-27-23-40(24-28-42)39-21-25-41(26-22-39)51-47-17-9-7-15-43(47)44-16-8-10-18-48(44)51/h7-10,15-30,35-36H,3-6,11-14,31-34H2,1-2H3. The third kappa shape index (κ3) is 7.46. The van der Waals surface area contributed by atoms with Crippen LogP contribution in [0, 0.1) is 0 Å². The Morgan fingerprint density at radius 2 is 0.778 bits per heavy atom. The molecule has 0 saturated carbocycles. The van der Waals surface area contributed by atoms with Gasteiger partial charge in [-0.15, -0.1) is 0 Å². The van der Waals surface area contributed by atoms with Gasteiger partial charge in [-0.25, -0.2) is 0 Å². The number of aryl methyl sites for hydroxylation is 2. The molecule has 274 valence electrons. The number of unbranched alkanes of at least 4 members (excludes halogenated alkanes) is 2. The molecule has 0 aliphatic rings. The van der Waals surface area contributed by atoms with Crippen molar-refractivity contribution in [1.82, 2.24) is 9.13 Å². The highest BCUT2D eigenvalue weighted by Crippen LogP contribution is 2.36. The molecule has 0 spiro atoms. The van der Waals surface area contributed by atoms with Crippen LogP contribution < -0.4 is 0 Å². The molecular formula is C50H52N2O2. The minimum Gasteiger partial charge on any atom is -0.381 e. The van der Waals surface area contributed by atoms with Gasteiger partial charge in [0.05, 0.1) is 22.1 Å². The van der Waals surface area contributed by atoms with Crippen LogP contribution >= 0.6 is 0 Å². The first-order chi connectivity index (χ1) is 26.7. The van der Waals surface area contributed by atoms with Gasteiger partial charge in [-0.1, -0.05) is 99.5 Å². The van der Waals surface area contributed by atoms with Gasteiger partial charge >= 0.3 is 0 Å². The predicted octanol–water partition coefficient (Wildman–Crippen LogP) is 13.0. The summed E-state index contributed by atoms with van der Waals surface area (Å²) in [7, 11) is 0. The number of ether oxygens (including phenoxy) is 2. The van der Waals surface area contributed by atoms with E-state index in [0.717, 1.165) is 65.0 Å². The zero-order chi connectivity index (χ0) is 36.7. The van der Waals surface area contributed by atoms with Crippen LogP contribution in [0.25, 0.3) is 66.1 Å². The van der Waals surface area contributed by atoms with Crippen LogP contribution in [0.15, 0.2) is 133 Å². The fourth-order valence-electron chi connectivity index (χ4n) is 7.97. The van der Waals surface area contributed by atoms with E-state index in [0.29, 0.717) is 0 Å². The van der Waals surface area contributed by atoms with Gasteiger partial charge in [0.15, 0.2) is 0 Å². The van der Waals surface area contributed by atoms with E-state index in [1.165, 1.54) is 90.1 Å². The molecule has 0 N–H and O–H groups in total. The van der Waals surface area contributed by atoms with E-state index >= 15 is 0 Å². The molecule has 0 fully saturated rings. The largest absolute Gasteiger partial charge is 0.381 e. The molecule has 0 aliphatic carbocycles. The van der Waals surface area contributed by atoms with Crippen LogP contribution in [-0.4, -0.2) is 35.6 Å². The molecule has 2 aromatic heterocycles. The minimum absolute atomic E-state index is 0.819. The van der Waals surface area contributed by atoms with Gasteiger partial charge in [0.1, 0.15) is 0 Å². The van der Waals surface area contributed by atoms with Gasteiger partial charge in [-0.05, 0) is 121 Å². The molecule has 0 radical (unpaired) electrons. The van der Waals surface area contributed by atoms with Gasteiger partial charge in [-0.2, -0.15) is 0 Å². The summed E-state index contributed by atoms with van der Waals surface area (Å²) in [6.45, 7) is 7.79. The Kier molecular flexibility index (Phi) is 11.2. The van der Waals surface area contributed by atoms with E-state index in [4.69, 9.17) is 9.47 Å². The Bertz CT molecular complexity index is 2340. The van der Waals surface area contributed by atoms with Crippen molar-refractivity contribution in [1.29, 1.82) is 0 Å². The van der Waals surface area contributed by atoms with E-state index in [2.05, 4.69) is 156 Å². The van der Waals surface area contributed by atoms with Gasteiger partial charge in [0.25, 0.3) is 0 Å². The topological polar surface area (TPSA) is 28.3 Å². The number of nitrogens with zero attached hydrogens (tertiary/aromatic N) is 2. The Labute approximate surface area is 320 Å². The number of hydrogen-bond donors (Lipinski definition) is 0. The molecule has 0 amide bonds. The maximum atomic E-state index is 5.88. The summed E-state index contributed by atoms with van der Waals surface area (Å²) >= 11 is 0. The summed E-state index contributed by atoms with van der Waals surface area (Å²) in [5.41, 5.74) is 12.5. The molecule has 4 nitrogen and oxygen atoms in total. The quantitative estimate of drug-likeness (QED) is 0.0879. The fourth-order valence-corrected chi connectivity index (χ4v) is 7.97. The molecule has 0 bridgehead atoms. The van der Waals surface area contributed by atoms with Gasteiger partial charge in [-0.3, -0.25) is 0 Å². The summed E-state index contributed by atoms with van der Waals surface area (Å²) in [5.74, 6) is 0. The Balaban J connectivity index is 1.08. The number of fused-ring (bicyclic) bond motifs is 6. The number of hydrogen-bond acceptors (Lipinski definition) is 2. The summed E-state index contributed by atoms with van der Waals surface area (Å²) in [6.07, 6.45) is 8.74. The van der Waals surface area contributed by atoms with Crippen molar-refractivity contribution in [3.63, 3.8) is 0 Å². The second-order valence-electron chi connectivity index (χ2n) is 14.6. The first kappa shape index (κ1) is 35.8. The third-order valence-corrected chi connectivity index (χ3v) is 10.9. The Hall–Kier alpha value is -5.16. The normalized spacial score (nSPS) is 11.8. The van der Waals surface area contributed by atoms with E-state index in [1.807, 2.05) is 0 Å². The first-order valence-corrected chi connectivity index (χ1v) is 20.1. The molecule has 0 aliphatic heterocycles. The molecule has 2 heterocycles. The molecule has 0 atom stereocenters. The maximum absolute atomic E-state index is 5.88. The van der Waals surface area contributed by atoms with Crippen LogP contribution in [-0.2, 0) is 22.3 Å². The summed E-state index contributed by atoms with van der Waals surface area (Å²) < 4.78 is 16.6. The molecule has 8 aromatic rings. The number of rotatable bonds is 17. The lowest BCUT2D eigenvalue weighted by atomic mass is 10.0. The van der Waals surface area contributed by atoms with Crippen molar-refractivity contribution in [3.05, 3.63) is 145 Å². The highest BCUT2D eigenvalue weighted by atomic mass is 16.5. The van der Waals surface area contributed by atoms with E-state index in [-0.39, 0.29) is 0 Å². The summed E-state index contributed by atoms with van der Waals surface area (Å²) in [6, 6.07) is 49.6. The zero-order valence-corrected chi connectivity index (χ0v) is 31.9. The van der Waals surface area contributed by atoms with Crippen molar-refractivity contribution < 1.29 is 9.47 Å². The summed E-state index contributed by atoms with van der Waals surface area (Å²) in [5, 5.41) is 5.20. The SMILES string of the molecule is CCCCOCCCc1ccc2c(c1)c1cc(CCCOCCCC)ccc1n2-c1ccc(-c2ccc(-n3c4ccccc4c4ccccc43)cc2)cc1. The van der Waals surface area contributed by atoms with Crippen molar-refractivity contribution in [2.24, 2.45) is 0 Å². The second-order valence-corrected chi connectivity index (χ2v) is 14.6. The van der Waals surface area contributed by atoms with Crippen molar-refractivity contribution in [3.8, 4) is 22.5 Å². The third-order valence-electron chi connectivity index (χ3n) is 10.9. The molecule has 0 unspecified atom stereocenters. The van der Waals surface area contributed by atoms with Crippen LogP contribution in [0.1, 0.15) is 63.5 Å². The second kappa shape index (κ2) is 16.9. The van der Waals surface area contributed by atoms with Gasteiger partial charge in [0, 0.05) is 59.3 Å². The molecule has 54 heavy (non-hydrogen) atoms. The maximum Gasteiger partial charge on any atom is 0.0541 e.